The summed E-state index contributed by atoms with van der Waals surface area (Å²) in [5, 5.41) is 5.07. The quantitative estimate of drug-likeness (QED) is 0.384. The molecule has 0 fully saturated rings. The zero-order valence-corrected chi connectivity index (χ0v) is 16.3. The van der Waals surface area contributed by atoms with Crippen molar-refractivity contribution in [3.05, 3.63) is 89.5 Å². The molecule has 4 rings (SSSR count). The molecular formula is C21H12F3N3O3S. The number of carbonyl (C=O) groups excluding carboxylic acids is 1. The van der Waals surface area contributed by atoms with Gasteiger partial charge in [0.2, 0.25) is 10.0 Å². The Labute approximate surface area is 174 Å². The van der Waals surface area contributed by atoms with Crippen molar-refractivity contribution >= 4 is 26.8 Å². The molecule has 0 saturated carbocycles. The van der Waals surface area contributed by atoms with E-state index in [1.165, 1.54) is 48.8 Å². The highest BCUT2D eigenvalue weighted by molar-refractivity contribution is 7.89. The third-order valence-electron chi connectivity index (χ3n) is 4.59. The average Bonchev–Trinajstić information content (AvgIpc) is 2.75. The van der Waals surface area contributed by atoms with Crippen molar-refractivity contribution in [1.82, 2.24) is 9.97 Å². The first-order valence-electron chi connectivity index (χ1n) is 8.73. The SMILES string of the molecule is NS(=O)(=O)c1cccc(-c2cc(F)c(F)c(C(=O)c3ccc4nccnc4c3)c2F)c1. The van der Waals surface area contributed by atoms with Gasteiger partial charge in [-0.1, -0.05) is 12.1 Å². The maximum absolute atomic E-state index is 15.2. The number of ketones is 1. The number of hydrogen-bond acceptors (Lipinski definition) is 5. The first-order valence-corrected chi connectivity index (χ1v) is 10.3. The van der Waals surface area contributed by atoms with E-state index in [9.17, 15) is 22.0 Å². The van der Waals surface area contributed by atoms with Crippen molar-refractivity contribution in [2.45, 2.75) is 4.90 Å². The molecule has 1 aromatic heterocycles. The lowest BCUT2D eigenvalue weighted by Crippen LogP contribution is -2.13. The van der Waals surface area contributed by atoms with E-state index < -0.39 is 44.4 Å². The predicted octanol–water partition coefficient (Wildman–Crippen LogP) is 3.59. The van der Waals surface area contributed by atoms with E-state index in [0.717, 1.165) is 6.07 Å². The molecule has 156 valence electrons. The number of carbonyl (C=O) groups is 1. The van der Waals surface area contributed by atoms with Gasteiger partial charge in [-0.05, 0) is 42.0 Å². The molecule has 0 saturated heterocycles. The van der Waals surface area contributed by atoms with E-state index in [1.807, 2.05) is 0 Å². The standard InChI is InChI=1S/C21H12F3N3O3S/c22-15-10-14(11-2-1-3-13(8-11)31(25,29)30)19(23)18(20(15)24)21(28)12-4-5-16-17(9-12)27-7-6-26-16/h1-10H,(H2,25,29,30). The number of fused-ring (bicyclic) bond motifs is 1. The molecule has 0 amide bonds. The number of nitrogens with zero attached hydrogens (tertiary/aromatic N) is 2. The highest BCUT2D eigenvalue weighted by Crippen LogP contribution is 2.31. The van der Waals surface area contributed by atoms with Crippen LogP contribution in [0.5, 0.6) is 0 Å². The van der Waals surface area contributed by atoms with Crippen LogP contribution < -0.4 is 5.14 Å². The summed E-state index contributed by atoms with van der Waals surface area (Å²) in [6.07, 6.45) is 2.83. The monoisotopic (exact) mass is 443 g/mol. The third kappa shape index (κ3) is 3.78. The fraction of sp³-hybridized carbons (Fsp3) is 0. The molecule has 0 unspecified atom stereocenters. The first kappa shape index (κ1) is 20.6. The molecular weight excluding hydrogens is 431 g/mol. The molecule has 0 atom stereocenters. The predicted molar refractivity (Wildman–Crippen MR) is 106 cm³/mol. The molecule has 4 aromatic rings. The van der Waals surface area contributed by atoms with E-state index in [-0.39, 0.29) is 16.0 Å². The first-order chi connectivity index (χ1) is 14.7. The lowest BCUT2D eigenvalue weighted by atomic mass is 9.96. The number of benzene rings is 3. The molecule has 0 bridgehead atoms. The second kappa shape index (κ2) is 7.56. The van der Waals surface area contributed by atoms with Crippen LogP contribution in [0.25, 0.3) is 22.2 Å². The molecule has 0 aliphatic carbocycles. The van der Waals surface area contributed by atoms with Crippen molar-refractivity contribution < 1.29 is 26.4 Å². The maximum atomic E-state index is 15.2. The van der Waals surface area contributed by atoms with E-state index in [4.69, 9.17) is 5.14 Å². The van der Waals surface area contributed by atoms with E-state index in [1.54, 1.807) is 0 Å². The zero-order valence-electron chi connectivity index (χ0n) is 15.5. The summed E-state index contributed by atoms with van der Waals surface area (Å²) in [4.78, 5) is 20.6. The second-order valence-electron chi connectivity index (χ2n) is 6.57. The summed E-state index contributed by atoms with van der Waals surface area (Å²) in [5.74, 6) is -5.57. The van der Waals surface area contributed by atoms with Crippen LogP contribution in [-0.2, 0) is 10.0 Å². The minimum absolute atomic E-state index is 0.0960. The van der Waals surface area contributed by atoms with Gasteiger partial charge in [0, 0.05) is 23.5 Å². The lowest BCUT2D eigenvalue weighted by molar-refractivity contribution is 0.103. The molecule has 6 nitrogen and oxygen atoms in total. The molecule has 10 heteroatoms. The molecule has 0 aliphatic rings. The van der Waals surface area contributed by atoms with Gasteiger partial charge in [0.1, 0.15) is 5.82 Å². The normalized spacial score (nSPS) is 11.6. The Bertz CT molecular complexity index is 1470. The molecule has 1 heterocycles. The van der Waals surface area contributed by atoms with Gasteiger partial charge in [0.25, 0.3) is 0 Å². The van der Waals surface area contributed by atoms with E-state index in [2.05, 4.69) is 9.97 Å². The van der Waals surface area contributed by atoms with Crippen LogP contribution in [0, 0.1) is 17.5 Å². The van der Waals surface area contributed by atoms with Crippen LogP contribution in [0.15, 0.2) is 65.8 Å². The van der Waals surface area contributed by atoms with Gasteiger partial charge in [-0.25, -0.2) is 26.7 Å². The number of sulfonamides is 1. The number of halogens is 3. The van der Waals surface area contributed by atoms with Crippen LogP contribution >= 0.6 is 0 Å². The van der Waals surface area contributed by atoms with Crippen LogP contribution in [-0.4, -0.2) is 24.2 Å². The van der Waals surface area contributed by atoms with Gasteiger partial charge < -0.3 is 0 Å². The maximum Gasteiger partial charge on any atom is 0.238 e. The van der Waals surface area contributed by atoms with E-state index in [0.29, 0.717) is 17.1 Å². The Morgan fingerprint density at radius 3 is 2.29 bits per heavy atom. The largest absolute Gasteiger partial charge is 0.288 e. The van der Waals surface area contributed by atoms with Crippen molar-refractivity contribution in [2.24, 2.45) is 5.14 Å². The second-order valence-corrected chi connectivity index (χ2v) is 8.13. The fourth-order valence-corrected chi connectivity index (χ4v) is 3.66. The van der Waals surface area contributed by atoms with Gasteiger partial charge in [-0.15, -0.1) is 0 Å². The number of aromatic nitrogens is 2. The molecule has 0 spiro atoms. The molecule has 2 N–H and O–H groups in total. The Morgan fingerprint density at radius 2 is 1.58 bits per heavy atom. The third-order valence-corrected chi connectivity index (χ3v) is 5.50. The minimum Gasteiger partial charge on any atom is -0.288 e. The molecule has 3 aromatic carbocycles. The van der Waals surface area contributed by atoms with Crippen LogP contribution in [0.3, 0.4) is 0 Å². The number of hydrogen-bond donors (Lipinski definition) is 1. The van der Waals surface area contributed by atoms with Crippen LogP contribution in [0.4, 0.5) is 13.2 Å². The average molecular weight is 443 g/mol. The molecule has 0 aliphatic heterocycles. The van der Waals surface area contributed by atoms with Gasteiger partial charge >= 0.3 is 0 Å². The Morgan fingerprint density at radius 1 is 0.871 bits per heavy atom. The summed E-state index contributed by atoms with van der Waals surface area (Å²) >= 11 is 0. The zero-order chi connectivity index (χ0) is 22.3. The highest BCUT2D eigenvalue weighted by Gasteiger charge is 2.26. The summed E-state index contributed by atoms with van der Waals surface area (Å²) in [6, 6.07) is 9.30. The van der Waals surface area contributed by atoms with E-state index >= 15 is 4.39 Å². The Hall–Kier alpha value is -3.63. The van der Waals surface area contributed by atoms with Crippen LogP contribution in [0.2, 0.25) is 0 Å². The summed E-state index contributed by atoms with van der Waals surface area (Å²) in [6.45, 7) is 0. The summed E-state index contributed by atoms with van der Waals surface area (Å²) in [7, 11) is -4.12. The van der Waals surface area contributed by atoms with Gasteiger partial charge in [0.15, 0.2) is 17.4 Å². The number of nitrogens with two attached hydrogens (primary N) is 1. The van der Waals surface area contributed by atoms with Gasteiger partial charge in [-0.3, -0.25) is 14.8 Å². The molecule has 31 heavy (non-hydrogen) atoms. The topological polar surface area (TPSA) is 103 Å². The highest BCUT2D eigenvalue weighted by atomic mass is 32.2. The number of primary sulfonamides is 1. The van der Waals surface area contributed by atoms with Crippen LogP contribution in [0.1, 0.15) is 15.9 Å². The fourth-order valence-electron chi connectivity index (χ4n) is 3.10. The number of rotatable bonds is 4. The smallest absolute Gasteiger partial charge is 0.238 e. The lowest BCUT2D eigenvalue weighted by Gasteiger charge is -2.11. The summed E-state index contributed by atoms with van der Waals surface area (Å²) in [5.41, 5.74) is -1.05. The Kier molecular flexibility index (Phi) is 5.03. The summed E-state index contributed by atoms with van der Waals surface area (Å²) < 4.78 is 67.2. The van der Waals surface area contributed by atoms with Crippen molar-refractivity contribution in [1.29, 1.82) is 0 Å². The molecule has 0 radical (unpaired) electrons. The van der Waals surface area contributed by atoms with Gasteiger partial charge in [-0.2, -0.15) is 0 Å². The minimum atomic E-state index is -4.12. The van der Waals surface area contributed by atoms with Crippen molar-refractivity contribution in [2.75, 3.05) is 0 Å². The Balaban J connectivity index is 1.89. The van der Waals surface area contributed by atoms with Gasteiger partial charge in [0.05, 0.1) is 21.5 Å². The van der Waals surface area contributed by atoms with Crippen molar-refractivity contribution in [3.63, 3.8) is 0 Å². The van der Waals surface area contributed by atoms with Crippen molar-refractivity contribution in [3.8, 4) is 11.1 Å².